The molecule has 0 bridgehead atoms. The van der Waals surface area contributed by atoms with Gasteiger partial charge in [-0.3, -0.25) is 0 Å². The molecule has 0 amide bonds. The Hall–Kier alpha value is -0.900. The molecule has 2 rings (SSSR count). The number of rotatable bonds is 3. The third-order valence-electron chi connectivity index (χ3n) is 3.78. The van der Waals surface area contributed by atoms with Crippen LogP contribution in [0.25, 0.3) is 0 Å². The topological polar surface area (TPSA) is 12.0 Å². The van der Waals surface area contributed by atoms with Gasteiger partial charge in [-0.2, -0.15) is 13.2 Å². The molecule has 19 heavy (non-hydrogen) atoms. The molecule has 0 aromatic heterocycles. The van der Waals surface area contributed by atoms with Crippen molar-refractivity contribution in [2.75, 3.05) is 5.32 Å². The fourth-order valence-electron chi connectivity index (χ4n) is 2.63. The van der Waals surface area contributed by atoms with Crippen LogP contribution in [0.3, 0.4) is 0 Å². The lowest BCUT2D eigenvalue weighted by Gasteiger charge is -2.23. The average molecular weight is 292 g/mol. The molecule has 0 saturated heterocycles. The summed E-state index contributed by atoms with van der Waals surface area (Å²) < 4.78 is 38.0. The Bertz CT molecular complexity index is 439. The molecule has 1 unspecified atom stereocenters. The summed E-state index contributed by atoms with van der Waals surface area (Å²) >= 11 is 5.97. The number of hydrogen-bond donors (Lipinski definition) is 1. The lowest BCUT2D eigenvalue weighted by molar-refractivity contribution is -0.137. The van der Waals surface area contributed by atoms with Gasteiger partial charge in [-0.25, -0.2) is 0 Å². The molecule has 1 aliphatic rings. The number of hydrogen-bond acceptors (Lipinski definition) is 1. The summed E-state index contributed by atoms with van der Waals surface area (Å²) in [5, 5.41) is 3.46. The Labute approximate surface area is 116 Å². The Morgan fingerprint density at radius 2 is 1.89 bits per heavy atom. The number of nitrogens with one attached hydrogen (secondary N) is 1. The van der Waals surface area contributed by atoms with E-state index < -0.39 is 11.7 Å². The van der Waals surface area contributed by atoms with E-state index in [2.05, 4.69) is 5.32 Å². The molecule has 1 aromatic rings. The van der Waals surface area contributed by atoms with Crippen molar-refractivity contribution >= 4 is 17.3 Å². The normalized spacial score (nSPS) is 18.6. The fraction of sp³-hybridized carbons (Fsp3) is 0.571. The molecule has 0 radical (unpaired) electrons. The Balaban J connectivity index is 2.14. The first-order chi connectivity index (χ1) is 8.88. The first-order valence-corrected chi connectivity index (χ1v) is 6.89. The monoisotopic (exact) mass is 291 g/mol. The second-order valence-electron chi connectivity index (χ2n) is 5.17. The average Bonchev–Trinajstić information content (AvgIpc) is 2.84. The highest BCUT2D eigenvalue weighted by Gasteiger charge is 2.31. The second kappa shape index (κ2) is 5.61. The first kappa shape index (κ1) is 14.5. The van der Waals surface area contributed by atoms with E-state index in [1.807, 2.05) is 6.92 Å². The van der Waals surface area contributed by atoms with Gasteiger partial charge < -0.3 is 5.32 Å². The third-order valence-corrected chi connectivity index (χ3v) is 4.11. The van der Waals surface area contributed by atoms with E-state index in [9.17, 15) is 13.2 Å². The fourth-order valence-corrected chi connectivity index (χ4v) is 2.80. The lowest BCUT2D eigenvalue weighted by Crippen LogP contribution is -2.24. The zero-order valence-electron chi connectivity index (χ0n) is 10.7. The smallest absolute Gasteiger partial charge is 0.381 e. The van der Waals surface area contributed by atoms with Crippen LogP contribution >= 0.6 is 11.6 Å². The van der Waals surface area contributed by atoms with Crippen molar-refractivity contribution in [1.82, 2.24) is 0 Å². The Kier molecular flexibility index (Phi) is 4.29. The minimum Gasteiger partial charge on any atom is -0.381 e. The molecular formula is C14H17ClF3N. The maximum absolute atomic E-state index is 12.7. The largest absolute Gasteiger partial charge is 0.416 e. The van der Waals surface area contributed by atoms with Crippen molar-refractivity contribution in [2.45, 2.75) is 44.8 Å². The SMILES string of the molecule is CC(Nc1cc(C(F)(F)F)ccc1Cl)C1CCCC1. The van der Waals surface area contributed by atoms with Crippen LogP contribution in [-0.4, -0.2) is 6.04 Å². The van der Waals surface area contributed by atoms with Gasteiger partial charge in [0.1, 0.15) is 0 Å². The number of anilines is 1. The minimum absolute atomic E-state index is 0.142. The van der Waals surface area contributed by atoms with Crippen LogP contribution in [0.2, 0.25) is 5.02 Å². The molecule has 1 nitrogen and oxygen atoms in total. The summed E-state index contributed by atoms with van der Waals surface area (Å²) in [5.41, 5.74) is -0.297. The van der Waals surface area contributed by atoms with Crippen LogP contribution < -0.4 is 5.32 Å². The molecule has 1 saturated carbocycles. The lowest BCUT2D eigenvalue weighted by atomic mass is 9.99. The van der Waals surface area contributed by atoms with E-state index in [1.165, 1.54) is 18.9 Å². The van der Waals surface area contributed by atoms with Crippen LogP contribution in [0.5, 0.6) is 0 Å². The van der Waals surface area contributed by atoms with Crippen molar-refractivity contribution in [1.29, 1.82) is 0 Å². The minimum atomic E-state index is -4.34. The van der Waals surface area contributed by atoms with Gasteiger partial charge >= 0.3 is 6.18 Å². The van der Waals surface area contributed by atoms with Gasteiger partial charge in [0.2, 0.25) is 0 Å². The van der Waals surface area contributed by atoms with Gasteiger partial charge in [0.05, 0.1) is 16.3 Å². The highest BCUT2D eigenvalue weighted by molar-refractivity contribution is 6.33. The highest BCUT2D eigenvalue weighted by atomic mass is 35.5. The third kappa shape index (κ3) is 3.56. The Morgan fingerprint density at radius 1 is 1.26 bits per heavy atom. The number of alkyl halides is 3. The van der Waals surface area contributed by atoms with Crippen LogP contribution in [-0.2, 0) is 6.18 Å². The summed E-state index contributed by atoms with van der Waals surface area (Å²) in [5.74, 6) is 0.519. The van der Waals surface area contributed by atoms with Gasteiger partial charge in [-0.05, 0) is 43.9 Å². The molecule has 1 N–H and O–H groups in total. The van der Waals surface area contributed by atoms with Gasteiger partial charge in [-0.15, -0.1) is 0 Å². The van der Waals surface area contributed by atoms with Crippen molar-refractivity contribution in [2.24, 2.45) is 5.92 Å². The summed E-state index contributed by atoms with van der Waals surface area (Å²) in [6, 6.07) is 3.54. The molecule has 1 aliphatic carbocycles. The molecule has 5 heteroatoms. The highest BCUT2D eigenvalue weighted by Crippen LogP contribution is 2.35. The van der Waals surface area contributed by atoms with Crippen molar-refractivity contribution < 1.29 is 13.2 Å². The van der Waals surface area contributed by atoms with Crippen molar-refractivity contribution in [3.05, 3.63) is 28.8 Å². The first-order valence-electron chi connectivity index (χ1n) is 6.51. The molecular weight excluding hydrogens is 275 g/mol. The second-order valence-corrected chi connectivity index (χ2v) is 5.58. The predicted molar refractivity (Wildman–Crippen MR) is 71.5 cm³/mol. The van der Waals surface area contributed by atoms with Gasteiger partial charge in [0.15, 0.2) is 0 Å². The van der Waals surface area contributed by atoms with Crippen LogP contribution in [0.1, 0.15) is 38.2 Å². The zero-order chi connectivity index (χ0) is 14.0. The predicted octanol–water partition coefficient (Wildman–Crippen LogP) is 5.35. The van der Waals surface area contributed by atoms with E-state index in [0.29, 0.717) is 16.6 Å². The van der Waals surface area contributed by atoms with E-state index >= 15 is 0 Å². The number of halogens is 4. The van der Waals surface area contributed by atoms with Gasteiger partial charge in [0, 0.05) is 6.04 Å². The molecule has 1 atom stereocenters. The standard InChI is InChI=1S/C14H17ClF3N/c1-9(10-4-2-3-5-10)19-13-8-11(14(16,17)18)6-7-12(13)15/h6-10,19H,2-5H2,1H3. The van der Waals surface area contributed by atoms with E-state index in [-0.39, 0.29) is 6.04 Å². The molecule has 0 aliphatic heterocycles. The molecule has 1 fully saturated rings. The van der Waals surface area contributed by atoms with Crippen LogP contribution in [0.15, 0.2) is 18.2 Å². The van der Waals surface area contributed by atoms with Gasteiger partial charge in [-0.1, -0.05) is 24.4 Å². The molecule has 106 valence electrons. The van der Waals surface area contributed by atoms with Crippen molar-refractivity contribution in [3.63, 3.8) is 0 Å². The summed E-state index contributed by atoms with van der Waals surface area (Å²) in [6.45, 7) is 2.01. The van der Waals surface area contributed by atoms with E-state index in [4.69, 9.17) is 11.6 Å². The zero-order valence-corrected chi connectivity index (χ0v) is 11.5. The maximum Gasteiger partial charge on any atom is 0.416 e. The van der Waals surface area contributed by atoms with Gasteiger partial charge in [0.25, 0.3) is 0 Å². The number of benzene rings is 1. The molecule has 0 spiro atoms. The molecule has 0 heterocycles. The van der Waals surface area contributed by atoms with E-state index in [1.54, 1.807) is 0 Å². The van der Waals surface area contributed by atoms with E-state index in [0.717, 1.165) is 25.0 Å². The molecule has 1 aromatic carbocycles. The van der Waals surface area contributed by atoms with Crippen LogP contribution in [0, 0.1) is 5.92 Å². The maximum atomic E-state index is 12.7. The Morgan fingerprint density at radius 3 is 2.47 bits per heavy atom. The quantitative estimate of drug-likeness (QED) is 0.791. The summed E-state index contributed by atoms with van der Waals surface area (Å²) in [7, 11) is 0. The summed E-state index contributed by atoms with van der Waals surface area (Å²) in [6.07, 6.45) is 0.327. The van der Waals surface area contributed by atoms with Crippen molar-refractivity contribution in [3.8, 4) is 0 Å². The van der Waals surface area contributed by atoms with Crippen LogP contribution in [0.4, 0.5) is 18.9 Å². The summed E-state index contributed by atoms with van der Waals surface area (Å²) in [4.78, 5) is 0.